The predicted molar refractivity (Wildman–Crippen MR) is 90.7 cm³/mol. The normalized spacial score (nSPS) is 10.3. The van der Waals surface area contributed by atoms with Gasteiger partial charge < -0.3 is 19.9 Å². The van der Waals surface area contributed by atoms with E-state index in [4.69, 9.17) is 9.26 Å². The van der Waals surface area contributed by atoms with Crippen molar-refractivity contribution in [2.75, 3.05) is 12.4 Å². The number of carbonyl (C=O) groups excluding carboxylic acids is 1. The third-order valence-corrected chi connectivity index (χ3v) is 3.37. The minimum absolute atomic E-state index is 0.256. The molecule has 0 bridgehead atoms. The van der Waals surface area contributed by atoms with Crippen LogP contribution >= 0.6 is 0 Å². The Morgan fingerprint density at radius 1 is 1.24 bits per heavy atom. The van der Waals surface area contributed by atoms with Gasteiger partial charge in [0.1, 0.15) is 17.2 Å². The Bertz CT molecular complexity index is 861. The van der Waals surface area contributed by atoms with Gasteiger partial charge in [0.05, 0.1) is 7.11 Å². The van der Waals surface area contributed by atoms with Crippen molar-refractivity contribution in [3.8, 4) is 5.75 Å². The molecule has 0 fully saturated rings. The zero-order chi connectivity index (χ0) is 17.6. The van der Waals surface area contributed by atoms with E-state index in [0.29, 0.717) is 18.1 Å². The number of nitrogens with one attached hydrogen (secondary N) is 2. The van der Waals surface area contributed by atoms with Crippen molar-refractivity contribution in [2.45, 2.75) is 13.5 Å². The molecular formula is C17H17N5O3. The summed E-state index contributed by atoms with van der Waals surface area (Å²) in [5.41, 5.74) is 1.21. The summed E-state index contributed by atoms with van der Waals surface area (Å²) in [5, 5.41) is 9.50. The van der Waals surface area contributed by atoms with Gasteiger partial charge in [-0.3, -0.25) is 4.79 Å². The number of hydrogen-bond donors (Lipinski definition) is 2. The number of nitrogens with zero attached hydrogens (tertiary/aromatic N) is 3. The number of rotatable bonds is 6. The quantitative estimate of drug-likeness (QED) is 0.711. The van der Waals surface area contributed by atoms with Crippen molar-refractivity contribution in [3.05, 3.63) is 59.6 Å². The molecule has 2 N–H and O–H groups in total. The second kappa shape index (κ2) is 7.43. The Morgan fingerprint density at radius 3 is 2.72 bits per heavy atom. The van der Waals surface area contributed by atoms with Crippen molar-refractivity contribution in [1.29, 1.82) is 0 Å². The first kappa shape index (κ1) is 16.4. The zero-order valence-corrected chi connectivity index (χ0v) is 13.8. The highest BCUT2D eigenvalue weighted by Crippen LogP contribution is 2.13. The molecule has 0 saturated heterocycles. The van der Waals surface area contributed by atoms with Crippen molar-refractivity contribution in [3.63, 3.8) is 0 Å². The first-order valence-corrected chi connectivity index (χ1v) is 7.58. The van der Waals surface area contributed by atoms with Crippen molar-refractivity contribution >= 4 is 17.7 Å². The second-order valence-corrected chi connectivity index (χ2v) is 5.24. The summed E-state index contributed by atoms with van der Waals surface area (Å²) in [5.74, 6) is 1.89. The van der Waals surface area contributed by atoms with E-state index >= 15 is 0 Å². The van der Waals surface area contributed by atoms with Crippen LogP contribution in [0.25, 0.3) is 0 Å². The lowest BCUT2D eigenvalue weighted by Crippen LogP contribution is -2.24. The molecule has 128 valence electrons. The van der Waals surface area contributed by atoms with E-state index in [2.05, 4.69) is 25.8 Å². The third-order valence-electron chi connectivity index (χ3n) is 3.37. The fraction of sp³-hybridized carbons (Fsp3) is 0.176. The highest BCUT2D eigenvalue weighted by molar-refractivity contribution is 5.92. The molecule has 8 heteroatoms. The number of carbonyl (C=O) groups is 1. The Labute approximate surface area is 144 Å². The molecular weight excluding hydrogens is 322 g/mol. The number of methoxy groups -OCH3 is 1. The molecule has 25 heavy (non-hydrogen) atoms. The van der Waals surface area contributed by atoms with Gasteiger partial charge in [0.25, 0.3) is 5.91 Å². The van der Waals surface area contributed by atoms with Crippen LogP contribution in [0.15, 0.2) is 47.1 Å². The molecule has 0 atom stereocenters. The summed E-state index contributed by atoms with van der Waals surface area (Å²) in [6, 6.07) is 10.7. The van der Waals surface area contributed by atoms with Crippen LogP contribution < -0.4 is 15.4 Å². The third kappa shape index (κ3) is 4.31. The standard InChI is InChI=1S/C17H17N5O3/c1-11-9-15(22-25-11)21-17-18-8-7-14(20-17)16(23)19-10-12-3-5-13(24-2)6-4-12/h3-9H,10H2,1-2H3,(H,19,23)(H,18,20,21,22). The summed E-state index contributed by atoms with van der Waals surface area (Å²) < 4.78 is 10.1. The number of anilines is 2. The maximum atomic E-state index is 12.3. The van der Waals surface area contributed by atoms with Gasteiger partial charge in [0.15, 0.2) is 5.82 Å². The van der Waals surface area contributed by atoms with Crippen LogP contribution in [0.3, 0.4) is 0 Å². The zero-order valence-electron chi connectivity index (χ0n) is 13.8. The van der Waals surface area contributed by atoms with Gasteiger partial charge in [-0.2, -0.15) is 0 Å². The number of aromatic nitrogens is 3. The molecule has 0 radical (unpaired) electrons. The Morgan fingerprint density at radius 2 is 2.04 bits per heavy atom. The molecule has 0 saturated carbocycles. The Hall–Kier alpha value is -3.42. The molecule has 0 aliphatic heterocycles. The second-order valence-electron chi connectivity index (χ2n) is 5.24. The van der Waals surface area contributed by atoms with Crippen LogP contribution in [0.5, 0.6) is 5.75 Å². The van der Waals surface area contributed by atoms with Crippen LogP contribution in [0.1, 0.15) is 21.8 Å². The summed E-state index contributed by atoms with van der Waals surface area (Å²) in [6.07, 6.45) is 1.50. The van der Waals surface area contributed by atoms with Gasteiger partial charge in [-0.25, -0.2) is 9.97 Å². The average molecular weight is 339 g/mol. The van der Waals surface area contributed by atoms with Gasteiger partial charge in [0.2, 0.25) is 5.95 Å². The largest absolute Gasteiger partial charge is 0.497 e. The summed E-state index contributed by atoms with van der Waals surface area (Å²) in [7, 11) is 1.61. The molecule has 0 spiro atoms. The van der Waals surface area contributed by atoms with Crippen molar-refractivity contribution in [1.82, 2.24) is 20.4 Å². The topological polar surface area (TPSA) is 102 Å². The van der Waals surface area contributed by atoms with E-state index in [1.54, 1.807) is 26.2 Å². The Kier molecular flexibility index (Phi) is 4.89. The maximum Gasteiger partial charge on any atom is 0.270 e. The summed E-state index contributed by atoms with van der Waals surface area (Å²) in [6.45, 7) is 2.17. The minimum atomic E-state index is -0.294. The van der Waals surface area contributed by atoms with Crippen molar-refractivity contribution < 1.29 is 14.1 Å². The smallest absolute Gasteiger partial charge is 0.270 e. The lowest BCUT2D eigenvalue weighted by Gasteiger charge is -2.07. The number of ether oxygens (including phenoxy) is 1. The molecule has 1 aromatic carbocycles. The number of amides is 1. The maximum absolute atomic E-state index is 12.3. The van der Waals surface area contributed by atoms with Gasteiger partial charge in [0, 0.05) is 18.8 Å². The van der Waals surface area contributed by atoms with E-state index in [-0.39, 0.29) is 17.5 Å². The van der Waals surface area contributed by atoms with Gasteiger partial charge >= 0.3 is 0 Å². The number of benzene rings is 1. The van der Waals surface area contributed by atoms with E-state index < -0.39 is 0 Å². The van der Waals surface area contributed by atoms with Crippen LogP contribution in [0.4, 0.5) is 11.8 Å². The summed E-state index contributed by atoms with van der Waals surface area (Å²) >= 11 is 0. The highest BCUT2D eigenvalue weighted by Gasteiger charge is 2.10. The molecule has 0 unspecified atom stereocenters. The predicted octanol–water partition coefficient (Wildman–Crippen LogP) is 2.46. The van der Waals surface area contributed by atoms with Gasteiger partial charge in [-0.05, 0) is 30.7 Å². The molecule has 8 nitrogen and oxygen atoms in total. The number of aryl methyl sites for hydroxylation is 1. The lowest BCUT2D eigenvalue weighted by molar-refractivity contribution is 0.0946. The molecule has 0 aliphatic rings. The van der Waals surface area contributed by atoms with E-state index in [1.807, 2.05) is 24.3 Å². The van der Waals surface area contributed by atoms with E-state index in [0.717, 1.165) is 11.3 Å². The van der Waals surface area contributed by atoms with Gasteiger partial charge in [-0.1, -0.05) is 17.3 Å². The minimum Gasteiger partial charge on any atom is -0.497 e. The first-order valence-electron chi connectivity index (χ1n) is 7.58. The monoisotopic (exact) mass is 339 g/mol. The number of hydrogen-bond acceptors (Lipinski definition) is 7. The first-order chi connectivity index (χ1) is 12.1. The Balaban J connectivity index is 1.62. The van der Waals surface area contributed by atoms with Crippen LogP contribution in [0, 0.1) is 6.92 Å². The SMILES string of the molecule is COc1ccc(CNC(=O)c2ccnc(Nc3cc(C)on3)n2)cc1. The molecule has 2 heterocycles. The molecule has 3 aromatic rings. The highest BCUT2D eigenvalue weighted by atomic mass is 16.5. The summed E-state index contributed by atoms with van der Waals surface area (Å²) in [4.78, 5) is 20.5. The van der Waals surface area contributed by atoms with E-state index in [1.165, 1.54) is 6.20 Å². The van der Waals surface area contributed by atoms with Crippen LogP contribution in [-0.2, 0) is 6.54 Å². The van der Waals surface area contributed by atoms with Crippen LogP contribution in [-0.4, -0.2) is 28.1 Å². The van der Waals surface area contributed by atoms with Gasteiger partial charge in [-0.15, -0.1) is 0 Å². The fourth-order valence-corrected chi connectivity index (χ4v) is 2.10. The molecule has 1 amide bonds. The lowest BCUT2D eigenvalue weighted by atomic mass is 10.2. The average Bonchev–Trinajstić information content (AvgIpc) is 3.05. The van der Waals surface area contributed by atoms with Crippen LogP contribution in [0.2, 0.25) is 0 Å². The fourth-order valence-electron chi connectivity index (χ4n) is 2.10. The molecule has 3 rings (SSSR count). The van der Waals surface area contributed by atoms with Crippen molar-refractivity contribution in [2.24, 2.45) is 0 Å². The molecule has 0 aliphatic carbocycles. The molecule has 2 aromatic heterocycles. The van der Waals surface area contributed by atoms with E-state index in [9.17, 15) is 4.79 Å².